The molecule has 1 amide bonds. The number of Topliss-reactive ketones (excluding diaryl/α,β-unsaturated/α-hetero) is 8. The molecule has 7 rings (SSSR count). The van der Waals surface area contributed by atoms with Gasteiger partial charge in [0.25, 0.3) is 5.91 Å². The number of ether oxygens (including phenoxy) is 2. The molecule has 0 heterocycles. The second kappa shape index (κ2) is 56.5. The highest BCUT2D eigenvalue weighted by Gasteiger charge is 2.08. The van der Waals surface area contributed by atoms with Crippen LogP contribution in [0.1, 0.15) is 170 Å². The first-order chi connectivity index (χ1) is 52.1. The Balaban J connectivity index is 0. The normalized spacial score (nSPS) is 9.60. The van der Waals surface area contributed by atoms with E-state index in [4.69, 9.17) is 88.9 Å². The zero-order chi connectivity index (χ0) is 84.7. The number of aryl methyl sites for hydroxylation is 3. The van der Waals surface area contributed by atoms with Gasteiger partial charge in [-0.25, -0.2) is 9.98 Å². The number of guanidine groups is 5. The van der Waals surface area contributed by atoms with E-state index >= 15 is 0 Å². The maximum absolute atomic E-state index is 11.3. The summed E-state index contributed by atoms with van der Waals surface area (Å²) in [5.41, 5.74) is 71.4. The lowest BCUT2D eigenvalue weighted by molar-refractivity contribution is -0.119. The van der Waals surface area contributed by atoms with E-state index in [0.29, 0.717) is 69.7 Å². The van der Waals surface area contributed by atoms with Crippen LogP contribution in [0.25, 0.3) is 0 Å². The van der Waals surface area contributed by atoms with Crippen LogP contribution >= 0.6 is 0 Å². The van der Waals surface area contributed by atoms with Gasteiger partial charge in [0.05, 0.1) is 12.2 Å². The minimum absolute atomic E-state index is 0.00828. The standard InChI is InChI=1S/C11H14O2.C10H11N3O2.C10H13N3O.C10H12O2.C9H11N3O.C9H10N2O2.C9H10N2O.C6H16N4.C5H11N3O/c1-8-4-5-11(9(2)6-8)13-7-10(3)12;1-6(14)7-2-4-8(5-3-7)9(15)13-10(11)12;1-7(14)9-4-2-8(3-5-9)6-13-10(11)12;1-8-3-5-10(6-4-8)12-7-9(2)11;1-6(13)7-2-4-8(5-3-7)12-9(10)11;1-6(12)7-2-4-8(5-3-7)9(10)11-13;1-6(12)7-2-4-8(5-3-7)9(10)11;1-9-4-2-3-5-10-6(7)8;1-4(9)2-3-8-5(6)7/h4-6H,7H2,1-3H3;2-5H,1H3,(H4,11,12,13,15);2-5H,6H2,1H3,(H4,11,12,13);3-6H,7H2,1-2H3;2-5H,1H3,(H4,10,11,12);2-5,13H,1H3,(H2,10,11);2-5H,1H3,(H3,10,11);9H,2-5H2,1H3,(H4,7,8,10);2-3H2,1H3,(H4,6,7,8). The molecule has 0 atom stereocenters. The highest BCUT2D eigenvalue weighted by Crippen LogP contribution is 2.19. The molecule has 0 saturated carbocycles. The number of ketones is 8. The van der Waals surface area contributed by atoms with Gasteiger partial charge in [-0.3, -0.25) is 58.5 Å². The molecule has 0 spiro atoms. The Morgan fingerprint density at radius 1 is 0.414 bits per heavy atom. The molecule has 27 N–H and O–H groups in total. The molecule has 0 bridgehead atoms. The highest BCUT2D eigenvalue weighted by molar-refractivity contribution is 6.03. The van der Waals surface area contributed by atoms with Crippen LogP contribution < -0.4 is 83.6 Å². The van der Waals surface area contributed by atoms with Crippen molar-refractivity contribution in [3.05, 3.63) is 231 Å². The summed E-state index contributed by atoms with van der Waals surface area (Å²) in [6, 6.07) is 46.8. The SMILES string of the molecule is CC(=O)CCN=C(N)N.CC(=O)COc1ccc(C)cc1.CC(=O)COc1ccc(C)cc1C.CC(=O)c1ccc(/C(N)=N/O)cc1.CC(=O)c1ccc(C(=N)N)cc1.CC(=O)c1ccc(C(=O)N=C(N)N)cc1.CC(=O)c1ccc(CN=C(N)N)cc1.CC(=O)c1ccc(N=C(N)N)cc1.CNCCCCN=C(N)N. The summed E-state index contributed by atoms with van der Waals surface area (Å²) in [7, 11) is 1.93. The van der Waals surface area contributed by atoms with Crippen LogP contribution in [-0.2, 0) is 20.9 Å². The van der Waals surface area contributed by atoms with Crippen molar-refractivity contribution in [2.24, 2.45) is 98.9 Å². The fourth-order valence-electron chi connectivity index (χ4n) is 7.72. The van der Waals surface area contributed by atoms with E-state index in [1.807, 2.05) is 82.4 Å². The average Bonchev–Trinajstić information content (AvgIpc) is 0.903. The summed E-state index contributed by atoms with van der Waals surface area (Å²) in [5, 5.41) is 21.4. The van der Waals surface area contributed by atoms with Gasteiger partial charge in [-0.2, -0.15) is 4.99 Å². The summed E-state index contributed by atoms with van der Waals surface area (Å²) in [6.07, 6.45) is 2.57. The molecule has 0 saturated heterocycles. The van der Waals surface area contributed by atoms with Gasteiger partial charge in [0, 0.05) is 64.0 Å². The van der Waals surface area contributed by atoms with Crippen molar-refractivity contribution in [3.8, 4) is 11.5 Å². The van der Waals surface area contributed by atoms with E-state index in [9.17, 15) is 43.2 Å². The van der Waals surface area contributed by atoms with Gasteiger partial charge in [0.15, 0.2) is 76.1 Å². The summed E-state index contributed by atoms with van der Waals surface area (Å²) in [5.74, 6) is 1.30. The molecule has 0 aliphatic heterocycles. The molecule has 32 heteroatoms. The second-order valence-electron chi connectivity index (χ2n) is 23.7. The summed E-state index contributed by atoms with van der Waals surface area (Å²) in [4.78, 5) is 116. The van der Waals surface area contributed by atoms with Crippen molar-refractivity contribution < 1.29 is 57.8 Å². The Kier molecular flexibility index (Phi) is 50.6. The van der Waals surface area contributed by atoms with Gasteiger partial charge in [0.1, 0.15) is 36.3 Å². The lowest BCUT2D eigenvalue weighted by atomic mass is 10.1. The number of aliphatic imine (C=N–C) groups is 5. The molecule has 0 fully saturated rings. The number of nitrogens with two attached hydrogens (primary N) is 12. The lowest BCUT2D eigenvalue weighted by Gasteiger charge is -2.07. The van der Waals surface area contributed by atoms with Crippen molar-refractivity contribution in [3.63, 3.8) is 0 Å². The van der Waals surface area contributed by atoms with Crippen LogP contribution in [0.5, 0.6) is 11.5 Å². The Morgan fingerprint density at radius 3 is 1.17 bits per heavy atom. The first-order valence-electron chi connectivity index (χ1n) is 33.9. The fraction of sp³-hybridized carbons (Fsp3) is 0.266. The lowest BCUT2D eigenvalue weighted by Crippen LogP contribution is -2.24. The number of nitrogens with one attached hydrogen (secondary N) is 2. The van der Waals surface area contributed by atoms with Crippen LogP contribution in [0.2, 0.25) is 0 Å². The molecule has 111 heavy (non-hydrogen) atoms. The Bertz CT molecular complexity index is 4240. The molecular formula is C79H108N20O12. The molecular weight excluding hydrogens is 1420 g/mol. The number of hydrogen-bond acceptors (Lipinski definition) is 19. The monoisotopic (exact) mass is 1530 g/mol. The average molecular weight is 1530 g/mol. The summed E-state index contributed by atoms with van der Waals surface area (Å²) < 4.78 is 10.5. The van der Waals surface area contributed by atoms with Crippen LogP contribution in [0.15, 0.2) is 194 Å². The van der Waals surface area contributed by atoms with Gasteiger partial charge in [-0.05, 0) is 168 Å². The number of benzene rings is 7. The number of amides is 1. The Hall–Kier alpha value is -13.8. The Labute approximate surface area is 647 Å². The third-order valence-corrected chi connectivity index (χ3v) is 13.5. The molecule has 596 valence electrons. The molecule has 0 aliphatic carbocycles. The topological polar surface area (TPSA) is 615 Å². The smallest absolute Gasteiger partial charge is 0.280 e. The minimum Gasteiger partial charge on any atom is -0.486 e. The zero-order valence-electron chi connectivity index (χ0n) is 65.0. The maximum atomic E-state index is 11.3. The molecule has 7 aromatic rings. The fourth-order valence-corrected chi connectivity index (χ4v) is 7.72. The highest BCUT2D eigenvalue weighted by atomic mass is 16.5. The van der Waals surface area contributed by atoms with E-state index in [2.05, 4.69) is 35.4 Å². The Morgan fingerprint density at radius 2 is 0.802 bits per heavy atom. The van der Waals surface area contributed by atoms with E-state index in [0.717, 1.165) is 48.6 Å². The molecule has 32 nitrogen and oxygen atoms in total. The largest absolute Gasteiger partial charge is 0.486 e. The number of rotatable bonds is 25. The molecule has 0 aromatic heterocycles. The summed E-state index contributed by atoms with van der Waals surface area (Å²) in [6.45, 7) is 20.9. The van der Waals surface area contributed by atoms with Crippen molar-refractivity contribution >= 4 is 99.3 Å². The van der Waals surface area contributed by atoms with Gasteiger partial charge >= 0.3 is 0 Å². The number of carbonyl (C=O) groups is 9. The molecule has 0 unspecified atom stereocenters. The van der Waals surface area contributed by atoms with Gasteiger partial charge < -0.3 is 88.8 Å². The quantitative estimate of drug-likeness (QED) is 0.00711. The minimum atomic E-state index is -0.523. The zero-order valence-corrected chi connectivity index (χ0v) is 65.0. The third kappa shape index (κ3) is 51.2. The number of nitrogen functional groups attached to an aromatic ring is 1. The summed E-state index contributed by atoms with van der Waals surface area (Å²) >= 11 is 0. The van der Waals surface area contributed by atoms with Crippen molar-refractivity contribution in [2.75, 3.05) is 39.9 Å². The van der Waals surface area contributed by atoms with Crippen molar-refractivity contribution in [1.29, 1.82) is 5.41 Å². The number of amidine groups is 2. The number of carbonyl (C=O) groups excluding carboxylic acids is 9. The van der Waals surface area contributed by atoms with Crippen LogP contribution in [0, 0.1) is 26.2 Å². The predicted molar refractivity (Wildman–Crippen MR) is 440 cm³/mol. The number of hydrogen-bond donors (Lipinski definition) is 15. The van der Waals surface area contributed by atoms with Crippen LogP contribution in [-0.4, -0.2) is 139 Å². The van der Waals surface area contributed by atoms with E-state index in [1.54, 1.807) is 97.1 Å². The van der Waals surface area contributed by atoms with Crippen LogP contribution in [0.3, 0.4) is 0 Å². The second-order valence-corrected chi connectivity index (χ2v) is 23.7. The van der Waals surface area contributed by atoms with Crippen molar-refractivity contribution in [2.45, 2.75) is 102 Å². The van der Waals surface area contributed by atoms with Crippen molar-refractivity contribution in [1.82, 2.24) is 5.32 Å². The maximum Gasteiger partial charge on any atom is 0.280 e. The van der Waals surface area contributed by atoms with Crippen LogP contribution in [0.4, 0.5) is 5.69 Å². The van der Waals surface area contributed by atoms with Gasteiger partial charge in [0.2, 0.25) is 0 Å². The van der Waals surface area contributed by atoms with E-state index in [-0.39, 0.29) is 101 Å². The van der Waals surface area contributed by atoms with E-state index < -0.39 is 5.91 Å². The van der Waals surface area contributed by atoms with Gasteiger partial charge in [-0.1, -0.05) is 125 Å². The number of nitrogens with zero attached hydrogens (tertiary/aromatic N) is 6. The first-order valence-corrected chi connectivity index (χ1v) is 33.9. The molecule has 0 radical (unpaired) electrons. The molecule has 0 aliphatic rings. The predicted octanol–water partition coefficient (Wildman–Crippen LogP) is 6.65. The number of unbranched alkanes of at least 4 members (excludes halogenated alkanes) is 1. The molecule has 7 aromatic carbocycles. The van der Waals surface area contributed by atoms with Gasteiger partial charge in [-0.15, -0.1) is 0 Å². The number of oxime groups is 1. The van der Waals surface area contributed by atoms with E-state index in [1.165, 1.54) is 78.6 Å². The first kappa shape index (κ1) is 99.3. The third-order valence-electron chi connectivity index (χ3n) is 13.5.